The first-order valence-corrected chi connectivity index (χ1v) is 11.5. The highest BCUT2D eigenvalue weighted by molar-refractivity contribution is 5.87. The second-order valence-electron chi connectivity index (χ2n) is 8.78. The van der Waals surface area contributed by atoms with E-state index in [1.807, 2.05) is 24.3 Å². The van der Waals surface area contributed by atoms with Gasteiger partial charge in [0.05, 0.1) is 11.6 Å². The summed E-state index contributed by atoms with van der Waals surface area (Å²) < 4.78 is 13.5. The highest BCUT2D eigenvalue weighted by atomic mass is 19.1. The maximum atomic E-state index is 13.5. The van der Waals surface area contributed by atoms with Crippen molar-refractivity contribution in [3.05, 3.63) is 95.9 Å². The molecule has 0 fully saturated rings. The van der Waals surface area contributed by atoms with Crippen molar-refractivity contribution in [3.63, 3.8) is 0 Å². The fourth-order valence-electron chi connectivity index (χ4n) is 4.86. The van der Waals surface area contributed by atoms with Crippen LogP contribution in [0.4, 0.5) is 21.8 Å². The number of nitrogens with two attached hydrogens (primary N) is 1. The zero-order valence-corrected chi connectivity index (χ0v) is 18.9. The molecule has 1 unspecified atom stereocenters. The molecule has 0 saturated heterocycles. The van der Waals surface area contributed by atoms with Gasteiger partial charge in [0, 0.05) is 24.8 Å². The number of aromatic nitrogens is 4. The van der Waals surface area contributed by atoms with Gasteiger partial charge in [-0.2, -0.15) is 15.1 Å². The predicted octanol–water partition coefficient (Wildman–Crippen LogP) is 4.78. The van der Waals surface area contributed by atoms with Crippen LogP contribution in [0.15, 0.2) is 79.0 Å². The van der Waals surface area contributed by atoms with Crippen molar-refractivity contribution in [2.75, 3.05) is 22.5 Å². The molecule has 0 aliphatic carbocycles. The Kier molecular flexibility index (Phi) is 5.25. The van der Waals surface area contributed by atoms with Gasteiger partial charge in [-0.3, -0.25) is 5.10 Å². The Morgan fingerprint density at radius 1 is 1.00 bits per heavy atom. The standard InChI is InChI=1S/C27H24FN7/c28-20-11-9-17(10-12-20)22-7-3-1-6-19(22)15-35-16-21(13-18-5-2-4-8-24(18)35)31-25-23-14-30-34-26(23)33-27(29)32-25/h1-12,14,21H,13,15-16H2,(H4,29,30,31,32,33,34). The number of anilines is 3. The molecule has 0 spiro atoms. The number of nitrogens with one attached hydrogen (secondary N) is 2. The molecule has 5 aromatic rings. The lowest BCUT2D eigenvalue weighted by atomic mass is 9.95. The number of rotatable bonds is 5. The van der Waals surface area contributed by atoms with Crippen LogP contribution in [0.5, 0.6) is 0 Å². The second kappa shape index (κ2) is 8.72. The van der Waals surface area contributed by atoms with E-state index in [1.54, 1.807) is 6.20 Å². The lowest BCUT2D eigenvalue weighted by molar-refractivity contribution is 0.627. The summed E-state index contributed by atoms with van der Waals surface area (Å²) in [6.07, 6.45) is 2.57. The Morgan fingerprint density at radius 3 is 2.69 bits per heavy atom. The minimum absolute atomic E-state index is 0.107. The third-order valence-corrected chi connectivity index (χ3v) is 6.44. The second-order valence-corrected chi connectivity index (χ2v) is 8.78. The SMILES string of the molecule is Nc1nc(NC2Cc3ccccc3N(Cc3ccccc3-c3ccc(F)cc3)C2)c2cn[nH]c2n1. The summed E-state index contributed by atoms with van der Waals surface area (Å²) in [6, 6.07) is 23.6. The van der Waals surface area contributed by atoms with Crippen LogP contribution >= 0.6 is 0 Å². The van der Waals surface area contributed by atoms with E-state index in [0.29, 0.717) is 11.5 Å². The number of hydrogen-bond acceptors (Lipinski definition) is 6. The molecule has 0 saturated carbocycles. The van der Waals surface area contributed by atoms with Crippen LogP contribution in [0, 0.1) is 5.82 Å². The van der Waals surface area contributed by atoms with Crippen LogP contribution < -0.4 is 16.0 Å². The molecule has 1 aliphatic rings. The predicted molar refractivity (Wildman–Crippen MR) is 137 cm³/mol. The van der Waals surface area contributed by atoms with E-state index in [2.05, 4.69) is 66.8 Å². The third kappa shape index (κ3) is 4.14. The van der Waals surface area contributed by atoms with Gasteiger partial charge in [-0.15, -0.1) is 0 Å². The van der Waals surface area contributed by atoms with Crippen LogP contribution in [-0.2, 0) is 13.0 Å². The van der Waals surface area contributed by atoms with Crippen molar-refractivity contribution < 1.29 is 4.39 Å². The summed E-state index contributed by atoms with van der Waals surface area (Å²) in [5, 5.41) is 11.4. The quantitative estimate of drug-likeness (QED) is 0.346. The van der Waals surface area contributed by atoms with Crippen molar-refractivity contribution in [2.24, 2.45) is 0 Å². The number of halogens is 1. The largest absolute Gasteiger partial charge is 0.368 e. The Balaban J connectivity index is 1.33. The Labute approximate surface area is 201 Å². The third-order valence-electron chi connectivity index (χ3n) is 6.44. The van der Waals surface area contributed by atoms with Gasteiger partial charge in [0.15, 0.2) is 5.65 Å². The van der Waals surface area contributed by atoms with E-state index in [1.165, 1.54) is 28.9 Å². The number of nitrogen functional groups attached to an aromatic ring is 1. The molecule has 35 heavy (non-hydrogen) atoms. The van der Waals surface area contributed by atoms with Gasteiger partial charge in [0.25, 0.3) is 0 Å². The van der Waals surface area contributed by atoms with Gasteiger partial charge >= 0.3 is 0 Å². The average Bonchev–Trinajstić information content (AvgIpc) is 3.34. The van der Waals surface area contributed by atoms with Crippen molar-refractivity contribution in [1.29, 1.82) is 0 Å². The average molecular weight is 466 g/mol. The summed E-state index contributed by atoms with van der Waals surface area (Å²) in [6.45, 7) is 1.49. The van der Waals surface area contributed by atoms with E-state index < -0.39 is 0 Å². The molecule has 174 valence electrons. The minimum atomic E-state index is -0.234. The fourth-order valence-corrected chi connectivity index (χ4v) is 4.86. The topological polar surface area (TPSA) is 95.7 Å². The van der Waals surface area contributed by atoms with Gasteiger partial charge in [-0.25, -0.2) is 4.39 Å². The van der Waals surface area contributed by atoms with Crippen molar-refractivity contribution >= 4 is 28.5 Å². The molecular weight excluding hydrogens is 441 g/mol. The van der Waals surface area contributed by atoms with E-state index in [9.17, 15) is 4.39 Å². The van der Waals surface area contributed by atoms with E-state index in [0.717, 1.165) is 36.0 Å². The number of H-pyrrole nitrogens is 1. The van der Waals surface area contributed by atoms with Crippen LogP contribution in [0.2, 0.25) is 0 Å². The van der Waals surface area contributed by atoms with E-state index >= 15 is 0 Å². The number of para-hydroxylation sites is 1. The van der Waals surface area contributed by atoms with Gasteiger partial charge in [-0.1, -0.05) is 54.6 Å². The van der Waals surface area contributed by atoms with E-state index in [-0.39, 0.29) is 17.8 Å². The molecule has 6 rings (SSSR count). The Morgan fingerprint density at radius 2 is 1.80 bits per heavy atom. The van der Waals surface area contributed by atoms with Gasteiger partial charge in [0.2, 0.25) is 5.95 Å². The molecule has 1 aliphatic heterocycles. The van der Waals surface area contributed by atoms with Crippen molar-refractivity contribution in [3.8, 4) is 11.1 Å². The first-order valence-electron chi connectivity index (χ1n) is 11.5. The van der Waals surface area contributed by atoms with Crippen LogP contribution in [0.3, 0.4) is 0 Å². The lowest BCUT2D eigenvalue weighted by Crippen LogP contribution is -2.42. The Bertz CT molecular complexity index is 1500. The molecule has 4 N–H and O–H groups in total. The van der Waals surface area contributed by atoms with Gasteiger partial charge in [-0.05, 0) is 46.9 Å². The normalized spacial score (nSPS) is 15.2. The molecule has 7 nitrogen and oxygen atoms in total. The van der Waals surface area contributed by atoms with Gasteiger partial charge in [0.1, 0.15) is 11.6 Å². The maximum absolute atomic E-state index is 13.5. The molecule has 3 heterocycles. The molecule has 0 bridgehead atoms. The monoisotopic (exact) mass is 465 g/mol. The molecule has 2 aromatic heterocycles. The van der Waals surface area contributed by atoms with Crippen LogP contribution in [-0.4, -0.2) is 32.8 Å². The summed E-state index contributed by atoms with van der Waals surface area (Å²) in [4.78, 5) is 11.0. The lowest BCUT2D eigenvalue weighted by Gasteiger charge is -2.37. The maximum Gasteiger partial charge on any atom is 0.224 e. The van der Waals surface area contributed by atoms with Gasteiger partial charge < -0.3 is 16.0 Å². The highest BCUT2D eigenvalue weighted by Crippen LogP contribution is 2.32. The summed E-state index contributed by atoms with van der Waals surface area (Å²) in [7, 11) is 0. The van der Waals surface area contributed by atoms with Crippen molar-refractivity contribution in [1.82, 2.24) is 20.2 Å². The highest BCUT2D eigenvalue weighted by Gasteiger charge is 2.26. The zero-order valence-electron chi connectivity index (χ0n) is 18.9. The molecule has 3 aromatic carbocycles. The van der Waals surface area contributed by atoms with E-state index in [4.69, 9.17) is 5.73 Å². The molecule has 0 amide bonds. The first kappa shape index (κ1) is 21.1. The number of nitrogens with zero attached hydrogens (tertiary/aromatic N) is 4. The fraction of sp³-hybridized carbons (Fsp3) is 0.148. The summed E-state index contributed by atoms with van der Waals surface area (Å²) in [5.41, 5.74) is 12.3. The number of benzene rings is 3. The molecule has 0 radical (unpaired) electrons. The number of fused-ring (bicyclic) bond motifs is 2. The summed E-state index contributed by atoms with van der Waals surface area (Å²) >= 11 is 0. The molecule has 1 atom stereocenters. The first-order chi connectivity index (χ1) is 17.1. The molecular formula is C27H24FN7. The summed E-state index contributed by atoms with van der Waals surface area (Å²) in [5.74, 6) is 0.644. The zero-order chi connectivity index (χ0) is 23.8. The molecule has 8 heteroatoms. The minimum Gasteiger partial charge on any atom is -0.368 e. The van der Waals surface area contributed by atoms with Crippen LogP contribution in [0.1, 0.15) is 11.1 Å². The number of aromatic amines is 1. The smallest absolute Gasteiger partial charge is 0.224 e. The van der Waals surface area contributed by atoms with Crippen LogP contribution in [0.25, 0.3) is 22.2 Å². The van der Waals surface area contributed by atoms with Crippen molar-refractivity contribution in [2.45, 2.75) is 19.0 Å². The Hall–Kier alpha value is -4.46. The number of hydrogen-bond donors (Lipinski definition) is 3.